The maximum Gasteiger partial charge on any atom is 0.255 e. The van der Waals surface area contributed by atoms with Crippen LogP contribution in [0.2, 0.25) is 0 Å². The summed E-state index contributed by atoms with van der Waals surface area (Å²) >= 11 is 0. The minimum Gasteiger partial charge on any atom is -0.494 e. The predicted octanol–water partition coefficient (Wildman–Crippen LogP) is 2.83. The van der Waals surface area contributed by atoms with E-state index in [4.69, 9.17) is 10.5 Å². The number of nitrogens with one attached hydrogen (secondary N) is 1. The largest absolute Gasteiger partial charge is 0.494 e. The van der Waals surface area contributed by atoms with Gasteiger partial charge in [-0.3, -0.25) is 4.79 Å². The van der Waals surface area contributed by atoms with E-state index in [9.17, 15) is 4.79 Å². The van der Waals surface area contributed by atoms with E-state index in [0.717, 1.165) is 12.5 Å². The Hall–Kier alpha value is -1.71. The Balaban J connectivity index is 1.96. The highest BCUT2D eigenvalue weighted by atomic mass is 16.5. The van der Waals surface area contributed by atoms with Gasteiger partial charge < -0.3 is 15.8 Å². The number of hydrogen-bond acceptors (Lipinski definition) is 3. The second-order valence-corrected chi connectivity index (χ2v) is 5.78. The van der Waals surface area contributed by atoms with Crippen LogP contribution in [-0.2, 0) is 0 Å². The Morgan fingerprint density at radius 2 is 2.25 bits per heavy atom. The van der Waals surface area contributed by atoms with Crippen molar-refractivity contribution in [3.05, 3.63) is 23.8 Å². The number of methoxy groups -OCH3 is 1. The summed E-state index contributed by atoms with van der Waals surface area (Å²) in [5, 5.41) is 3.02. The van der Waals surface area contributed by atoms with Crippen molar-refractivity contribution < 1.29 is 9.53 Å². The van der Waals surface area contributed by atoms with E-state index in [2.05, 4.69) is 12.2 Å². The van der Waals surface area contributed by atoms with Crippen molar-refractivity contribution in [1.29, 1.82) is 0 Å². The van der Waals surface area contributed by atoms with Gasteiger partial charge in [0.15, 0.2) is 5.75 Å². The number of amides is 1. The molecule has 0 spiro atoms. The number of hydrogen-bond donors (Lipinski definition) is 2. The molecule has 1 aliphatic rings. The maximum atomic E-state index is 12.3. The molecular formula is C16H24N2O2. The van der Waals surface area contributed by atoms with Crippen LogP contribution < -0.4 is 15.8 Å². The number of para-hydroxylation sites is 1. The van der Waals surface area contributed by atoms with Crippen LogP contribution in [0.3, 0.4) is 0 Å². The third-order valence-electron chi connectivity index (χ3n) is 4.09. The minimum atomic E-state index is -0.104. The van der Waals surface area contributed by atoms with Crippen LogP contribution in [0.25, 0.3) is 0 Å². The highest BCUT2D eigenvalue weighted by molar-refractivity contribution is 5.98. The monoisotopic (exact) mass is 276 g/mol. The zero-order valence-corrected chi connectivity index (χ0v) is 12.3. The quantitative estimate of drug-likeness (QED) is 0.831. The number of nitrogens with two attached hydrogens (primary N) is 1. The second-order valence-electron chi connectivity index (χ2n) is 5.78. The van der Waals surface area contributed by atoms with Crippen molar-refractivity contribution in [3.8, 4) is 5.75 Å². The molecule has 4 heteroatoms. The molecule has 1 aromatic rings. The number of carbonyl (C=O) groups excluding carboxylic acids is 1. The third-order valence-corrected chi connectivity index (χ3v) is 4.09. The lowest BCUT2D eigenvalue weighted by atomic mass is 9.82. The van der Waals surface area contributed by atoms with Crippen molar-refractivity contribution >= 4 is 11.6 Å². The van der Waals surface area contributed by atoms with Crippen LogP contribution in [-0.4, -0.2) is 19.6 Å². The SMILES string of the molecule is COc1c(N)cccc1C(=O)NCC1CCCC(C)C1. The lowest BCUT2D eigenvalue weighted by Gasteiger charge is -2.26. The van der Waals surface area contributed by atoms with Gasteiger partial charge in [0.2, 0.25) is 0 Å². The zero-order valence-electron chi connectivity index (χ0n) is 12.3. The first-order valence-corrected chi connectivity index (χ1v) is 7.32. The fourth-order valence-corrected chi connectivity index (χ4v) is 3.04. The lowest BCUT2D eigenvalue weighted by Crippen LogP contribution is -2.31. The molecule has 1 aromatic carbocycles. The van der Waals surface area contributed by atoms with Gasteiger partial charge >= 0.3 is 0 Å². The smallest absolute Gasteiger partial charge is 0.255 e. The third kappa shape index (κ3) is 3.44. The van der Waals surface area contributed by atoms with Crippen LogP contribution in [0.15, 0.2) is 18.2 Å². The highest BCUT2D eigenvalue weighted by Crippen LogP contribution is 2.29. The topological polar surface area (TPSA) is 64.3 Å². The average Bonchev–Trinajstić information content (AvgIpc) is 2.44. The molecule has 0 heterocycles. The molecule has 4 nitrogen and oxygen atoms in total. The van der Waals surface area contributed by atoms with Crippen molar-refractivity contribution in [3.63, 3.8) is 0 Å². The van der Waals surface area contributed by atoms with E-state index >= 15 is 0 Å². The number of ether oxygens (including phenoxy) is 1. The fraction of sp³-hybridized carbons (Fsp3) is 0.562. The molecule has 1 fully saturated rings. The Bertz CT molecular complexity index is 474. The van der Waals surface area contributed by atoms with Crippen LogP contribution >= 0.6 is 0 Å². The molecule has 3 N–H and O–H groups in total. The van der Waals surface area contributed by atoms with Crippen LogP contribution in [0, 0.1) is 11.8 Å². The molecule has 1 saturated carbocycles. The lowest BCUT2D eigenvalue weighted by molar-refractivity contribution is 0.0937. The fourth-order valence-electron chi connectivity index (χ4n) is 3.04. The maximum absolute atomic E-state index is 12.3. The summed E-state index contributed by atoms with van der Waals surface area (Å²) in [6.07, 6.45) is 4.99. The average molecular weight is 276 g/mol. The van der Waals surface area contributed by atoms with Gasteiger partial charge in [-0.05, 0) is 36.8 Å². The molecule has 1 aliphatic carbocycles. The molecule has 20 heavy (non-hydrogen) atoms. The van der Waals surface area contributed by atoms with Gasteiger partial charge in [-0.2, -0.15) is 0 Å². The summed E-state index contributed by atoms with van der Waals surface area (Å²) < 4.78 is 5.22. The Kier molecular flexibility index (Phi) is 4.88. The Morgan fingerprint density at radius 1 is 1.45 bits per heavy atom. The predicted molar refractivity (Wildman–Crippen MR) is 80.9 cm³/mol. The molecule has 0 aromatic heterocycles. The van der Waals surface area contributed by atoms with Crippen LogP contribution in [0.4, 0.5) is 5.69 Å². The van der Waals surface area contributed by atoms with E-state index in [1.807, 2.05) is 0 Å². The summed E-state index contributed by atoms with van der Waals surface area (Å²) in [6, 6.07) is 5.25. The summed E-state index contributed by atoms with van der Waals surface area (Å²) in [5.41, 5.74) is 6.82. The molecule has 2 atom stereocenters. The van der Waals surface area contributed by atoms with Gasteiger partial charge in [0.25, 0.3) is 5.91 Å². The van der Waals surface area contributed by atoms with E-state index in [1.165, 1.54) is 32.8 Å². The highest BCUT2D eigenvalue weighted by Gasteiger charge is 2.20. The number of benzene rings is 1. The first-order valence-electron chi connectivity index (χ1n) is 7.32. The summed E-state index contributed by atoms with van der Waals surface area (Å²) in [5.74, 6) is 1.72. The van der Waals surface area contributed by atoms with Crippen molar-refractivity contribution in [1.82, 2.24) is 5.32 Å². The van der Waals surface area contributed by atoms with E-state index in [1.54, 1.807) is 18.2 Å². The van der Waals surface area contributed by atoms with Crippen molar-refractivity contribution in [2.24, 2.45) is 11.8 Å². The summed E-state index contributed by atoms with van der Waals surface area (Å²) in [6.45, 7) is 3.02. The van der Waals surface area contributed by atoms with E-state index in [0.29, 0.717) is 22.9 Å². The van der Waals surface area contributed by atoms with Crippen LogP contribution in [0.1, 0.15) is 43.0 Å². The molecule has 0 saturated heterocycles. The van der Waals surface area contributed by atoms with Crippen molar-refractivity contribution in [2.45, 2.75) is 32.6 Å². The summed E-state index contributed by atoms with van der Waals surface area (Å²) in [4.78, 5) is 12.3. The number of nitrogen functional groups attached to an aromatic ring is 1. The van der Waals surface area contributed by atoms with Gasteiger partial charge in [0.05, 0.1) is 18.4 Å². The van der Waals surface area contributed by atoms with Crippen molar-refractivity contribution in [2.75, 3.05) is 19.4 Å². The van der Waals surface area contributed by atoms with Gasteiger partial charge in [-0.25, -0.2) is 0 Å². The number of rotatable bonds is 4. The minimum absolute atomic E-state index is 0.104. The van der Waals surface area contributed by atoms with Crippen LogP contribution in [0.5, 0.6) is 5.75 Å². The van der Waals surface area contributed by atoms with E-state index < -0.39 is 0 Å². The van der Waals surface area contributed by atoms with Gasteiger partial charge in [0, 0.05) is 6.54 Å². The standard InChI is InChI=1S/C16H24N2O2/c1-11-5-3-6-12(9-11)10-18-16(19)13-7-4-8-14(17)15(13)20-2/h4,7-8,11-12H,3,5-6,9-10,17H2,1-2H3,(H,18,19). The Morgan fingerprint density at radius 3 is 2.95 bits per heavy atom. The molecule has 0 bridgehead atoms. The number of carbonyl (C=O) groups is 1. The molecule has 1 amide bonds. The Labute approximate surface area is 120 Å². The molecular weight excluding hydrogens is 252 g/mol. The van der Waals surface area contributed by atoms with Gasteiger partial charge in [0.1, 0.15) is 0 Å². The van der Waals surface area contributed by atoms with Gasteiger partial charge in [-0.15, -0.1) is 0 Å². The van der Waals surface area contributed by atoms with Gasteiger partial charge in [-0.1, -0.05) is 25.8 Å². The normalized spacial score (nSPS) is 22.3. The second kappa shape index (κ2) is 6.64. The first kappa shape index (κ1) is 14.7. The summed E-state index contributed by atoms with van der Waals surface area (Å²) in [7, 11) is 1.53. The number of anilines is 1. The zero-order chi connectivity index (χ0) is 14.5. The molecule has 2 unspecified atom stereocenters. The molecule has 0 radical (unpaired) electrons. The molecule has 2 rings (SSSR count). The molecule has 110 valence electrons. The van der Waals surface area contributed by atoms with E-state index in [-0.39, 0.29) is 5.91 Å². The molecule has 0 aliphatic heterocycles. The first-order chi connectivity index (χ1) is 9.61.